The fourth-order valence-electron chi connectivity index (χ4n) is 1.93. The molecule has 2 aromatic rings. The van der Waals surface area contributed by atoms with Gasteiger partial charge in [-0.25, -0.2) is 8.78 Å². The molecule has 0 aromatic heterocycles. The predicted molar refractivity (Wildman–Crippen MR) is 78.0 cm³/mol. The zero-order chi connectivity index (χ0) is 15.4. The van der Waals surface area contributed by atoms with Crippen molar-refractivity contribution in [1.29, 1.82) is 0 Å². The van der Waals surface area contributed by atoms with Crippen molar-refractivity contribution in [3.8, 4) is 0 Å². The van der Waals surface area contributed by atoms with E-state index in [0.29, 0.717) is 18.7 Å². The number of benzene rings is 2. The van der Waals surface area contributed by atoms with Crippen molar-refractivity contribution in [2.45, 2.75) is 13.3 Å². The van der Waals surface area contributed by atoms with Crippen LogP contribution in [0.5, 0.6) is 0 Å². The minimum atomic E-state index is -0.858. The van der Waals surface area contributed by atoms with Crippen molar-refractivity contribution in [3.05, 3.63) is 64.7 Å². The van der Waals surface area contributed by atoms with Gasteiger partial charge in [-0.15, -0.1) is 0 Å². The lowest BCUT2D eigenvalue weighted by Gasteiger charge is -2.08. The normalized spacial score (nSPS) is 10.4. The van der Waals surface area contributed by atoms with Gasteiger partial charge in [-0.1, -0.05) is 12.1 Å². The quantitative estimate of drug-likeness (QED) is 0.851. The summed E-state index contributed by atoms with van der Waals surface area (Å²) in [4.78, 5) is 11.9. The molecule has 1 amide bonds. The zero-order valence-corrected chi connectivity index (χ0v) is 11.6. The summed E-state index contributed by atoms with van der Waals surface area (Å²) in [6, 6.07) is 9.22. The standard InChI is InChI=1S/C16H16F2N2O/c1-10-8-13(15(18)9-14(10)17)16(21)20-7-6-11-2-4-12(19)5-3-11/h2-5,8-9H,6-7,19H2,1H3,(H,20,21). The molecule has 3 nitrogen and oxygen atoms in total. The zero-order valence-electron chi connectivity index (χ0n) is 11.6. The van der Waals surface area contributed by atoms with Gasteiger partial charge in [0.05, 0.1) is 5.56 Å². The number of nitrogens with two attached hydrogens (primary N) is 1. The number of nitrogen functional groups attached to an aromatic ring is 1. The van der Waals surface area contributed by atoms with Crippen LogP contribution >= 0.6 is 0 Å². The van der Waals surface area contributed by atoms with Crippen LogP contribution in [0.1, 0.15) is 21.5 Å². The van der Waals surface area contributed by atoms with Crippen LogP contribution in [-0.4, -0.2) is 12.5 Å². The smallest absolute Gasteiger partial charge is 0.254 e. The first-order valence-corrected chi connectivity index (χ1v) is 6.55. The van der Waals surface area contributed by atoms with Gasteiger partial charge in [0.25, 0.3) is 5.91 Å². The Bertz CT molecular complexity index is 654. The van der Waals surface area contributed by atoms with Crippen LogP contribution in [0.15, 0.2) is 36.4 Å². The first-order chi connectivity index (χ1) is 9.97. The summed E-state index contributed by atoms with van der Waals surface area (Å²) in [5, 5.41) is 2.62. The van der Waals surface area contributed by atoms with Gasteiger partial charge in [-0.05, 0) is 42.7 Å². The molecule has 0 heterocycles. The van der Waals surface area contributed by atoms with Gasteiger partial charge >= 0.3 is 0 Å². The molecule has 0 spiro atoms. The second kappa shape index (κ2) is 6.35. The summed E-state index contributed by atoms with van der Waals surface area (Å²) in [6.07, 6.45) is 0.605. The Hall–Kier alpha value is -2.43. The van der Waals surface area contributed by atoms with E-state index in [-0.39, 0.29) is 11.1 Å². The highest BCUT2D eigenvalue weighted by Gasteiger charge is 2.14. The average Bonchev–Trinajstić information content (AvgIpc) is 2.45. The number of hydrogen-bond donors (Lipinski definition) is 2. The number of carbonyl (C=O) groups excluding carboxylic acids is 1. The molecule has 0 saturated heterocycles. The van der Waals surface area contributed by atoms with E-state index in [1.54, 1.807) is 12.1 Å². The highest BCUT2D eigenvalue weighted by molar-refractivity contribution is 5.94. The number of aryl methyl sites for hydroxylation is 1. The Balaban J connectivity index is 1.96. The van der Waals surface area contributed by atoms with Crippen LogP contribution < -0.4 is 11.1 Å². The fourth-order valence-corrected chi connectivity index (χ4v) is 1.93. The van der Waals surface area contributed by atoms with E-state index in [0.717, 1.165) is 11.6 Å². The maximum atomic E-state index is 13.6. The van der Waals surface area contributed by atoms with Crippen molar-refractivity contribution in [2.75, 3.05) is 12.3 Å². The SMILES string of the molecule is Cc1cc(C(=O)NCCc2ccc(N)cc2)c(F)cc1F. The number of anilines is 1. The van der Waals surface area contributed by atoms with Gasteiger partial charge in [0.1, 0.15) is 11.6 Å². The monoisotopic (exact) mass is 290 g/mol. The van der Waals surface area contributed by atoms with Gasteiger partial charge in [0.2, 0.25) is 0 Å². The molecule has 0 bridgehead atoms. The molecule has 0 fully saturated rings. The van der Waals surface area contributed by atoms with E-state index < -0.39 is 17.5 Å². The van der Waals surface area contributed by atoms with Gasteiger partial charge in [0.15, 0.2) is 0 Å². The molecule has 2 rings (SSSR count). The second-order valence-corrected chi connectivity index (χ2v) is 4.83. The van der Waals surface area contributed by atoms with E-state index in [1.165, 1.54) is 13.0 Å². The van der Waals surface area contributed by atoms with E-state index in [1.807, 2.05) is 12.1 Å². The lowest BCUT2D eigenvalue weighted by Crippen LogP contribution is -2.26. The Morgan fingerprint density at radius 2 is 1.81 bits per heavy atom. The van der Waals surface area contributed by atoms with Crippen LogP contribution in [0.25, 0.3) is 0 Å². The summed E-state index contributed by atoms with van der Waals surface area (Å²) >= 11 is 0. The van der Waals surface area contributed by atoms with Crippen molar-refractivity contribution in [3.63, 3.8) is 0 Å². The van der Waals surface area contributed by atoms with Crippen LogP contribution in [0, 0.1) is 18.6 Å². The summed E-state index contributed by atoms with van der Waals surface area (Å²) in [7, 11) is 0. The molecule has 2 aromatic carbocycles. The van der Waals surface area contributed by atoms with E-state index in [4.69, 9.17) is 5.73 Å². The molecule has 3 N–H and O–H groups in total. The number of rotatable bonds is 4. The third-order valence-corrected chi connectivity index (χ3v) is 3.17. The first kappa shape index (κ1) is 15.0. The Morgan fingerprint density at radius 1 is 1.14 bits per heavy atom. The van der Waals surface area contributed by atoms with E-state index in [9.17, 15) is 13.6 Å². The Morgan fingerprint density at radius 3 is 2.48 bits per heavy atom. The maximum Gasteiger partial charge on any atom is 0.254 e. The predicted octanol–water partition coefficient (Wildman–Crippen LogP) is 2.83. The molecule has 0 saturated carbocycles. The average molecular weight is 290 g/mol. The van der Waals surface area contributed by atoms with Crippen molar-refractivity contribution in [1.82, 2.24) is 5.32 Å². The summed E-state index contributed by atoms with van der Waals surface area (Å²) in [5.41, 5.74) is 7.36. The third kappa shape index (κ3) is 3.78. The van der Waals surface area contributed by atoms with E-state index in [2.05, 4.69) is 5.32 Å². The van der Waals surface area contributed by atoms with Gasteiger partial charge in [0, 0.05) is 18.3 Å². The van der Waals surface area contributed by atoms with Gasteiger partial charge in [-0.3, -0.25) is 4.79 Å². The van der Waals surface area contributed by atoms with Crippen LogP contribution in [0.2, 0.25) is 0 Å². The molecule has 110 valence electrons. The van der Waals surface area contributed by atoms with Gasteiger partial charge in [-0.2, -0.15) is 0 Å². The minimum Gasteiger partial charge on any atom is -0.399 e. The minimum absolute atomic E-state index is 0.147. The molecule has 0 atom stereocenters. The number of amides is 1. The number of carbonyl (C=O) groups is 1. The molecule has 0 aliphatic heterocycles. The Labute approximate surface area is 121 Å². The third-order valence-electron chi connectivity index (χ3n) is 3.17. The van der Waals surface area contributed by atoms with Crippen LogP contribution in [-0.2, 0) is 6.42 Å². The maximum absolute atomic E-state index is 13.6. The molecule has 5 heteroatoms. The summed E-state index contributed by atoms with van der Waals surface area (Å²) in [5.74, 6) is -2.07. The molecule has 21 heavy (non-hydrogen) atoms. The van der Waals surface area contributed by atoms with Gasteiger partial charge < -0.3 is 11.1 Å². The molecule has 0 radical (unpaired) electrons. The molecule has 0 aliphatic rings. The summed E-state index contributed by atoms with van der Waals surface area (Å²) in [6.45, 7) is 1.85. The van der Waals surface area contributed by atoms with Crippen molar-refractivity contribution >= 4 is 11.6 Å². The highest BCUT2D eigenvalue weighted by Crippen LogP contribution is 2.14. The van der Waals surface area contributed by atoms with Crippen molar-refractivity contribution < 1.29 is 13.6 Å². The largest absolute Gasteiger partial charge is 0.399 e. The molecule has 0 unspecified atom stereocenters. The number of halogens is 2. The molecular formula is C16H16F2N2O. The van der Waals surface area contributed by atoms with Crippen LogP contribution in [0.3, 0.4) is 0 Å². The molecular weight excluding hydrogens is 274 g/mol. The van der Waals surface area contributed by atoms with E-state index >= 15 is 0 Å². The highest BCUT2D eigenvalue weighted by atomic mass is 19.1. The summed E-state index contributed by atoms with van der Waals surface area (Å²) < 4.78 is 26.7. The second-order valence-electron chi connectivity index (χ2n) is 4.83. The first-order valence-electron chi connectivity index (χ1n) is 6.55. The Kier molecular flexibility index (Phi) is 4.52. The lowest BCUT2D eigenvalue weighted by molar-refractivity contribution is 0.0950. The number of nitrogens with one attached hydrogen (secondary N) is 1. The topological polar surface area (TPSA) is 55.1 Å². The van der Waals surface area contributed by atoms with Crippen LogP contribution in [0.4, 0.5) is 14.5 Å². The van der Waals surface area contributed by atoms with Crippen molar-refractivity contribution in [2.24, 2.45) is 0 Å². The fraction of sp³-hybridized carbons (Fsp3) is 0.188. The number of hydrogen-bond acceptors (Lipinski definition) is 2. The molecule has 0 aliphatic carbocycles. The lowest BCUT2D eigenvalue weighted by atomic mass is 10.1.